The molecule has 0 spiro atoms. The van der Waals surface area contributed by atoms with E-state index in [-0.39, 0.29) is 16.9 Å². The first-order valence-electron chi connectivity index (χ1n) is 5.82. The Balaban J connectivity index is 2.21. The van der Waals surface area contributed by atoms with Gasteiger partial charge in [0, 0.05) is 19.1 Å². The molecule has 8 heteroatoms. The van der Waals surface area contributed by atoms with Crippen molar-refractivity contribution >= 4 is 16.0 Å². The van der Waals surface area contributed by atoms with Gasteiger partial charge in [0.2, 0.25) is 10.9 Å². The van der Waals surface area contributed by atoms with Crippen molar-refractivity contribution in [2.24, 2.45) is 0 Å². The molecule has 7 nitrogen and oxygen atoms in total. The van der Waals surface area contributed by atoms with Gasteiger partial charge in [0.1, 0.15) is 0 Å². The number of hydrogen-bond acceptors (Lipinski definition) is 5. The number of carboxylic acids is 1. The third kappa shape index (κ3) is 2.65. The largest absolute Gasteiger partial charge is 0.475 e. The molecule has 1 aromatic rings. The summed E-state index contributed by atoms with van der Waals surface area (Å²) < 4.78 is 30.7. The Hall–Kier alpha value is -1.38. The van der Waals surface area contributed by atoms with Gasteiger partial charge in [-0.15, -0.1) is 0 Å². The molecule has 19 heavy (non-hydrogen) atoms. The van der Waals surface area contributed by atoms with Crippen LogP contribution in [0.15, 0.2) is 21.6 Å². The molecule has 1 fully saturated rings. The van der Waals surface area contributed by atoms with E-state index in [0.717, 1.165) is 12.5 Å². The summed E-state index contributed by atoms with van der Waals surface area (Å²) in [6, 6.07) is 2.50. The number of rotatable bonds is 4. The van der Waals surface area contributed by atoms with E-state index in [1.807, 2.05) is 19.0 Å². The van der Waals surface area contributed by atoms with Gasteiger partial charge in [-0.1, -0.05) is 0 Å². The van der Waals surface area contributed by atoms with Gasteiger partial charge in [0.15, 0.2) is 0 Å². The maximum absolute atomic E-state index is 12.3. The highest BCUT2D eigenvalue weighted by Gasteiger charge is 2.35. The molecule has 1 N–H and O–H groups in total. The predicted octanol–water partition coefficient (Wildman–Crippen LogP) is 0.302. The van der Waals surface area contributed by atoms with Crippen molar-refractivity contribution in [1.82, 2.24) is 9.21 Å². The molecule has 1 aliphatic heterocycles. The van der Waals surface area contributed by atoms with Gasteiger partial charge < -0.3 is 14.4 Å². The molecule has 0 saturated carbocycles. The molecular formula is C11H16N2O5S. The van der Waals surface area contributed by atoms with Crippen LogP contribution in [0.1, 0.15) is 17.0 Å². The molecule has 1 aromatic heterocycles. The molecule has 0 aromatic carbocycles. The van der Waals surface area contributed by atoms with Crippen molar-refractivity contribution in [2.75, 3.05) is 27.2 Å². The fraction of sp³-hybridized carbons (Fsp3) is 0.545. The normalized spacial score (nSPS) is 21.1. The summed E-state index contributed by atoms with van der Waals surface area (Å²) in [7, 11) is 0.0569. The van der Waals surface area contributed by atoms with E-state index in [1.54, 1.807) is 0 Å². The predicted molar refractivity (Wildman–Crippen MR) is 66.5 cm³/mol. The van der Waals surface area contributed by atoms with Crippen LogP contribution in [-0.4, -0.2) is 61.9 Å². The number of aromatic carboxylic acids is 1. The molecule has 0 aliphatic carbocycles. The van der Waals surface area contributed by atoms with Crippen molar-refractivity contribution in [3.05, 3.63) is 17.9 Å². The summed E-state index contributed by atoms with van der Waals surface area (Å²) in [4.78, 5) is 12.7. The van der Waals surface area contributed by atoms with E-state index >= 15 is 0 Å². The van der Waals surface area contributed by atoms with Crippen LogP contribution in [0.4, 0.5) is 0 Å². The van der Waals surface area contributed by atoms with Crippen LogP contribution < -0.4 is 0 Å². The van der Waals surface area contributed by atoms with Gasteiger partial charge in [0.05, 0.1) is 0 Å². The second-order valence-electron chi connectivity index (χ2n) is 4.69. The Morgan fingerprint density at radius 3 is 2.63 bits per heavy atom. The number of sulfonamides is 1. The van der Waals surface area contributed by atoms with Crippen LogP contribution in [0.2, 0.25) is 0 Å². The number of carboxylic acid groups (broad SMARTS) is 1. The first-order valence-corrected chi connectivity index (χ1v) is 7.26. The molecule has 1 saturated heterocycles. The first kappa shape index (κ1) is 14.0. The zero-order valence-electron chi connectivity index (χ0n) is 10.7. The zero-order valence-corrected chi connectivity index (χ0v) is 11.6. The molecule has 0 bridgehead atoms. The monoisotopic (exact) mass is 288 g/mol. The van der Waals surface area contributed by atoms with Crippen molar-refractivity contribution in [3.63, 3.8) is 0 Å². The Morgan fingerprint density at radius 2 is 2.16 bits per heavy atom. The minimum Gasteiger partial charge on any atom is -0.475 e. The van der Waals surface area contributed by atoms with E-state index in [4.69, 9.17) is 9.52 Å². The highest BCUT2D eigenvalue weighted by molar-refractivity contribution is 7.89. The number of furan rings is 1. The fourth-order valence-electron chi connectivity index (χ4n) is 2.05. The summed E-state index contributed by atoms with van der Waals surface area (Å²) in [6.45, 7) is 0.798. The topological polar surface area (TPSA) is 91.1 Å². The molecule has 2 rings (SSSR count). The van der Waals surface area contributed by atoms with Gasteiger partial charge in [-0.2, -0.15) is 4.31 Å². The quantitative estimate of drug-likeness (QED) is 0.857. The van der Waals surface area contributed by atoms with Gasteiger partial charge in [-0.25, -0.2) is 13.2 Å². The summed E-state index contributed by atoms with van der Waals surface area (Å²) in [5.41, 5.74) is 0. The lowest BCUT2D eigenvalue weighted by molar-refractivity contribution is 0.0656. The second kappa shape index (κ2) is 4.95. The van der Waals surface area contributed by atoms with E-state index in [1.165, 1.54) is 10.4 Å². The van der Waals surface area contributed by atoms with Crippen LogP contribution in [0.5, 0.6) is 0 Å². The number of carbonyl (C=O) groups is 1. The third-order valence-corrected chi connectivity index (χ3v) is 4.98. The third-order valence-electron chi connectivity index (χ3n) is 3.24. The second-order valence-corrected chi connectivity index (χ2v) is 6.56. The zero-order chi connectivity index (χ0) is 14.2. The fourth-order valence-corrected chi connectivity index (χ4v) is 3.46. The molecule has 2 heterocycles. The standard InChI is InChI=1S/C11H16N2O5S/c1-12(2)8-5-6-13(7-8)19(16,17)10-4-3-9(18-10)11(14)15/h3-4,8H,5-7H2,1-2H3,(H,14,15). The number of likely N-dealkylation sites (N-methyl/N-ethyl adjacent to an activating group) is 1. The van der Waals surface area contributed by atoms with Crippen LogP contribution >= 0.6 is 0 Å². The molecule has 106 valence electrons. The van der Waals surface area contributed by atoms with E-state index in [2.05, 4.69) is 0 Å². The first-order chi connectivity index (χ1) is 8.82. The molecule has 0 amide bonds. The van der Waals surface area contributed by atoms with E-state index in [0.29, 0.717) is 13.1 Å². The summed E-state index contributed by atoms with van der Waals surface area (Å²) in [5, 5.41) is 8.42. The minimum absolute atomic E-state index is 0.170. The molecular weight excluding hydrogens is 272 g/mol. The number of hydrogen-bond donors (Lipinski definition) is 1. The molecule has 1 unspecified atom stereocenters. The van der Waals surface area contributed by atoms with Crippen LogP contribution in [0, 0.1) is 0 Å². The Labute approximate surface area is 111 Å². The van der Waals surface area contributed by atoms with Crippen molar-refractivity contribution < 1.29 is 22.7 Å². The molecule has 0 radical (unpaired) electrons. The van der Waals surface area contributed by atoms with Crippen molar-refractivity contribution in [3.8, 4) is 0 Å². The highest BCUT2D eigenvalue weighted by Crippen LogP contribution is 2.24. The average Bonchev–Trinajstić information content (AvgIpc) is 2.99. The number of nitrogens with zero attached hydrogens (tertiary/aromatic N) is 2. The Kier molecular flexibility index (Phi) is 3.66. The summed E-state index contributed by atoms with van der Waals surface area (Å²) >= 11 is 0. The van der Waals surface area contributed by atoms with Gasteiger partial charge in [-0.3, -0.25) is 0 Å². The lowest BCUT2D eigenvalue weighted by Gasteiger charge is -2.19. The van der Waals surface area contributed by atoms with E-state index in [9.17, 15) is 13.2 Å². The smallest absolute Gasteiger partial charge is 0.371 e. The lowest BCUT2D eigenvalue weighted by atomic mass is 10.2. The maximum Gasteiger partial charge on any atom is 0.371 e. The van der Waals surface area contributed by atoms with Gasteiger partial charge >= 0.3 is 5.97 Å². The SMILES string of the molecule is CN(C)C1CCN(S(=O)(=O)c2ccc(C(=O)O)o2)C1. The minimum atomic E-state index is -3.74. The Morgan fingerprint density at radius 1 is 1.47 bits per heavy atom. The Bertz CT molecular complexity index is 578. The van der Waals surface area contributed by atoms with Crippen molar-refractivity contribution in [2.45, 2.75) is 17.6 Å². The summed E-state index contributed by atoms with van der Waals surface area (Å²) in [5.74, 6) is -1.66. The van der Waals surface area contributed by atoms with E-state index < -0.39 is 16.0 Å². The maximum atomic E-state index is 12.3. The molecule has 1 aliphatic rings. The lowest BCUT2D eigenvalue weighted by Crippen LogP contribution is -2.34. The van der Waals surface area contributed by atoms with Crippen LogP contribution in [-0.2, 0) is 10.0 Å². The molecule has 1 atom stereocenters. The highest BCUT2D eigenvalue weighted by atomic mass is 32.2. The van der Waals surface area contributed by atoms with Crippen molar-refractivity contribution in [1.29, 1.82) is 0 Å². The summed E-state index contributed by atoms with van der Waals surface area (Å²) in [6.07, 6.45) is 0.749. The average molecular weight is 288 g/mol. The van der Waals surface area contributed by atoms with Gasteiger partial charge in [-0.05, 0) is 32.6 Å². The van der Waals surface area contributed by atoms with Crippen LogP contribution in [0.25, 0.3) is 0 Å². The van der Waals surface area contributed by atoms with Crippen LogP contribution in [0.3, 0.4) is 0 Å². The van der Waals surface area contributed by atoms with Gasteiger partial charge in [0.25, 0.3) is 10.0 Å².